The molecule has 2 heterocycles. The maximum absolute atomic E-state index is 14.2. The van der Waals surface area contributed by atoms with Crippen LogP contribution in [0.3, 0.4) is 0 Å². The Morgan fingerprint density at radius 2 is 2.05 bits per heavy atom. The summed E-state index contributed by atoms with van der Waals surface area (Å²) in [4.78, 5) is 12.0. The minimum atomic E-state index is -1.03. The van der Waals surface area contributed by atoms with Crippen molar-refractivity contribution < 1.29 is 14.3 Å². The topological polar surface area (TPSA) is 49.3 Å². The van der Waals surface area contributed by atoms with Crippen LogP contribution in [0.15, 0.2) is 26.5 Å². The zero-order valence-electron chi connectivity index (χ0n) is 10.6. The van der Waals surface area contributed by atoms with E-state index in [1.54, 1.807) is 12.1 Å². The molecule has 3 nitrogen and oxygen atoms in total. The number of thiophene rings is 1. The van der Waals surface area contributed by atoms with Gasteiger partial charge in [-0.3, -0.25) is 4.79 Å². The van der Waals surface area contributed by atoms with E-state index < -0.39 is 11.9 Å². The van der Waals surface area contributed by atoms with Crippen LogP contribution >= 0.6 is 43.2 Å². The summed E-state index contributed by atoms with van der Waals surface area (Å²) in [5, 5.41) is 13.1. The van der Waals surface area contributed by atoms with Gasteiger partial charge >= 0.3 is 0 Å². The number of rotatable bonds is 2. The van der Waals surface area contributed by atoms with Gasteiger partial charge in [0, 0.05) is 27.0 Å². The maximum atomic E-state index is 14.2. The van der Waals surface area contributed by atoms with Gasteiger partial charge in [-0.05, 0) is 62.0 Å². The van der Waals surface area contributed by atoms with E-state index in [0.717, 1.165) is 13.8 Å². The molecule has 1 amide bonds. The number of carbonyl (C=O) groups excluding carboxylic acids is 1. The molecular weight excluding hydrogens is 425 g/mol. The Morgan fingerprint density at radius 1 is 1.29 bits per heavy atom. The van der Waals surface area contributed by atoms with Gasteiger partial charge < -0.3 is 10.4 Å². The fraction of sp³-hybridized carbons (Fsp3) is 0.214. The van der Waals surface area contributed by atoms with Crippen molar-refractivity contribution in [3.8, 4) is 0 Å². The number of carbonyl (C=O) groups is 1. The molecule has 1 atom stereocenters. The highest BCUT2D eigenvalue weighted by molar-refractivity contribution is 9.13. The number of hydrogen-bond acceptors (Lipinski definition) is 3. The molecule has 2 aromatic rings. The first-order chi connectivity index (χ1) is 9.95. The zero-order chi connectivity index (χ0) is 15.1. The highest BCUT2D eigenvalue weighted by Crippen LogP contribution is 2.39. The van der Waals surface area contributed by atoms with E-state index in [0.29, 0.717) is 23.4 Å². The Hall–Kier alpha value is -0.760. The van der Waals surface area contributed by atoms with Gasteiger partial charge in [0.1, 0.15) is 11.9 Å². The molecule has 1 aromatic heterocycles. The Bertz CT molecular complexity index is 713. The molecule has 110 valence electrons. The number of fused-ring (bicyclic) bond motifs is 1. The van der Waals surface area contributed by atoms with E-state index in [2.05, 4.69) is 37.2 Å². The SMILES string of the molecule is O=C1CCc2cc(C(O)c3cc(Br)c(Br)s3)c(F)cc2N1. The molecule has 21 heavy (non-hydrogen) atoms. The van der Waals surface area contributed by atoms with Crippen molar-refractivity contribution in [1.82, 2.24) is 0 Å². The fourth-order valence-corrected chi connectivity index (χ4v) is 4.38. The molecule has 0 saturated heterocycles. The van der Waals surface area contributed by atoms with Gasteiger partial charge in [-0.1, -0.05) is 0 Å². The molecule has 3 rings (SSSR count). The molecule has 0 bridgehead atoms. The Labute approximate surface area is 141 Å². The lowest BCUT2D eigenvalue weighted by Crippen LogP contribution is -2.19. The van der Waals surface area contributed by atoms with Crippen LogP contribution in [0.2, 0.25) is 0 Å². The van der Waals surface area contributed by atoms with Crippen LogP contribution in [0.5, 0.6) is 0 Å². The summed E-state index contributed by atoms with van der Waals surface area (Å²) >= 11 is 8.06. The largest absolute Gasteiger partial charge is 0.383 e. The van der Waals surface area contributed by atoms with E-state index in [1.165, 1.54) is 17.4 Å². The van der Waals surface area contributed by atoms with E-state index in [4.69, 9.17) is 0 Å². The average molecular weight is 435 g/mol. The van der Waals surface area contributed by atoms with Gasteiger partial charge in [-0.25, -0.2) is 4.39 Å². The van der Waals surface area contributed by atoms with Crippen LogP contribution in [0.1, 0.15) is 28.5 Å². The number of aliphatic hydroxyl groups is 1. The molecule has 1 unspecified atom stereocenters. The maximum Gasteiger partial charge on any atom is 0.224 e. The molecular formula is C14H10Br2FNO2S. The second-order valence-corrected chi connectivity index (χ2v) is 8.01. The Morgan fingerprint density at radius 3 is 2.71 bits per heavy atom. The first-order valence-corrected chi connectivity index (χ1v) is 8.61. The summed E-state index contributed by atoms with van der Waals surface area (Å²) in [6, 6.07) is 4.68. The highest BCUT2D eigenvalue weighted by Gasteiger charge is 2.23. The number of nitrogens with one attached hydrogen (secondary N) is 1. The summed E-state index contributed by atoms with van der Waals surface area (Å²) in [7, 11) is 0. The van der Waals surface area contributed by atoms with Crippen molar-refractivity contribution >= 4 is 54.8 Å². The monoisotopic (exact) mass is 433 g/mol. The van der Waals surface area contributed by atoms with Gasteiger partial charge in [-0.2, -0.15) is 0 Å². The molecule has 2 N–H and O–H groups in total. The summed E-state index contributed by atoms with van der Waals surface area (Å²) in [5.41, 5.74) is 1.57. The van der Waals surface area contributed by atoms with E-state index in [1.807, 2.05) is 0 Å². The standard InChI is InChI=1S/C14H10Br2FNO2S/c15-8-4-11(21-14(8)16)13(20)7-3-6-1-2-12(19)18-10(6)5-9(7)17/h3-5,13,20H,1-2H2,(H,18,19). The van der Waals surface area contributed by atoms with Crippen molar-refractivity contribution in [3.05, 3.63) is 48.3 Å². The molecule has 0 spiro atoms. The third kappa shape index (κ3) is 2.92. The predicted octanol–water partition coefficient (Wildman–Crippen LogP) is 4.38. The summed E-state index contributed by atoms with van der Waals surface area (Å²) in [6.45, 7) is 0. The molecule has 0 saturated carbocycles. The molecule has 7 heteroatoms. The number of anilines is 1. The summed E-state index contributed by atoms with van der Waals surface area (Å²) in [6.07, 6.45) is -0.0935. The number of aryl methyl sites for hydroxylation is 1. The fourth-order valence-electron chi connectivity index (χ4n) is 2.28. The Kier molecular flexibility index (Phi) is 4.18. The third-order valence-electron chi connectivity index (χ3n) is 3.35. The highest BCUT2D eigenvalue weighted by atomic mass is 79.9. The molecule has 1 aromatic carbocycles. The van der Waals surface area contributed by atoms with Crippen molar-refractivity contribution in [2.75, 3.05) is 5.32 Å². The molecule has 0 radical (unpaired) electrons. The number of amides is 1. The van der Waals surface area contributed by atoms with Crippen LogP contribution in [0.25, 0.3) is 0 Å². The second-order valence-electron chi connectivity index (χ2n) is 4.75. The summed E-state index contributed by atoms with van der Waals surface area (Å²) in [5.74, 6) is -0.634. The molecule has 0 fully saturated rings. The number of benzene rings is 1. The lowest BCUT2D eigenvalue weighted by atomic mass is 9.97. The van der Waals surface area contributed by atoms with Gasteiger partial charge in [0.15, 0.2) is 0 Å². The van der Waals surface area contributed by atoms with E-state index in [9.17, 15) is 14.3 Å². The second kappa shape index (κ2) is 5.79. The minimum absolute atomic E-state index is 0.110. The number of hydrogen-bond donors (Lipinski definition) is 2. The van der Waals surface area contributed by atoms with Crippen LogP contribution in [0.4, 0.5) is 10.1 Å². The number of halogens is 3. The van der Waals surface area contributed by atoms with Crippen LogP contribution in [-0.4, -0.2) is 11.0 Å². The van der Waals surface area contributed by atoms with Crippen molar-refractivity contribution in [3.63, 3.8) is 0 Å². The van der Waals surface area contributed by atoms with E-state index in [-0.39, 0.29) is 11.5 Å². The van der Waals surface area contributed by atoms with Gasteiger partial charge in [0.05, 0.1) is 3.79 Å². The molecule has 1 aliphatic heterocycles. The number of aliphatic hydroxyl groups excluding tert-OH is 1. The predicted molar refractivity (Wildman–Crippen MR) is 87.1 cm³/mol. The molecule has 0 aliphatic carbocycles. The van der Waals surface area contributed by atoms with E-state index >= 15 is 0 Å². The average Bonchev–Trinajstić information content (AvgIpc) is 2.77. The lowest BCUT2D eigenvalue weighted by molar-refractivity contribution is -0.116. The van der Waals surface area contributed by atoms with Crippen LogP contribution in [-0.2, 0) is 11.2 Å². The van der Waals surface area contributed by atoms with Crippen molar-refractivity contribution in [2.24, 2.45) is 0 Å². The lowest BCUT2D eigenvalue weighted by Gasteiger charge is -2.19. The van der Waals surface area contributed by atoms with Crippen LogP contribution < -0.4 is 5.32 Å². The van der Waals surface area contributed by atoms with Gasteiger partial charge in [-0.15, -0.1) is 11.3 Å². The Balaban J connectivity index is 2.00. The van der Waals surface area contributed by atoms with Crippen molar-refractivity contribution in [2.45, 2.75) is 18.9 Å². The van der Waals surface area contributed by atoms with Crippen LogP contribution in [0, 0.1) is 5.82 Å². The normalized spacial score (nSPS) is 15.5. The first kappa shape index (κ1) is 15.1. The quantitative estimate of drug-likeness (QED) is 0.736. The van der Waals surface area contributed by atoms with Gasteiger partial charge in [0.25, 0.3) is 0 Å². The smallest absolute Gasteiger partial charge is 0.224 e. The first-order valence-electron chi connectivity index (χ1n) is 6.20. The van der Waals surface area contributed by atoms with Gasteiger partial charge in [0.2, 0.25) is 5.91 Å². The zero-order valence-corrected chi connectivity index (χ0v) is 14.6. The van der Waals surface area contributed by atoms with Crippen molar-refractivity contribution in [1.29, 1.82) is 0 Å². The summed E-state index contributed by atoms with van der Waals surface area (Å²) < 4.78 is 15.9. The third-order valence-corrected chi connectivity index (χ3v) is 6.65. The molecule has 1 aliphatic rings. The minimum Gasteiger partial charge on any atom is -0.383 e.